The summed E-state index contributed by atoms with van der Waals surface area (Å²) in [6, 6.07) is 3.88. The molecule has 0 aliphatic carbocycles. The Labute approximate surface area is 115 Å². The first kappa shape index (κ1) is 14.3. The van der Waals surface area contributed by atoms with Crippen LogP contribution < -0.4 is 10.0 Å². The van der Waals surface area contributed by atoms with Gasteiger partial charge >= 0.3 is 0 Å². The van der Waals surface area contributed by atoms with Gasteiger partial charge in [-0.3, -0.25) is 0 Å². The van der Waals surface area contributed by atoms with Crippen molar-refractivity contribution in [3.63, 3.8) is 0 Å². The number of hydrogen-bond donors (Lipinski definition) is 2. The minimum Gasteiger partial charge on any atom is -0.316 e. The van der Waals surface area contributed by atoms with Crippen molar-refractivity contribution in [2.24, 2.45) is 0 Å². The van der Waals surface area contributed by atoms with Crippen molar-refractivity contribution in [3.05, 3.63) is 42.0 Å². The van der Waals surface area contributed by atoms with Gasteiger partial charge in [0.25, 0.3) is 16.0 Å². The van der Waals surface area contributed by atoms with Gasteiger partial charge in [0.1, 0.15) is 10.7 Å². The van der Waals surface area contributed by atoms with Gasteiger partial charge in [0.05, 0.1) is 12.4 Å². The van der Waals surface area contributed by atoms with Crippen molar-refractivity contribution in [2.45, 2.75) is 11.4 Å². The summed E-state index contributed by atoms with van der Waals surface area (Å²) in [7, 11) is -2.37. The average Bonchev–Trinajstić information content (AvgIpc) is 2.39. The van der Waals surface area contributed by atoms with Crippen molar-refractivity contribution in [3.8, 4) is 0 Å². The summed E-state index contributed by atoms with van der Waals surface area (Å²) in [5.74, 6) is -1.06. The second kappa shape index (κ2) is 5.88. The van der Waals surface area contributed by atoms with Gasteiger partial charge in [-0.15, -0.1) is 5.10 Å². The number of benzene rings is 1. The maximum atomic E-state index is 13.9. The summed E-state index contributed by atoms with van der Waals surface area (Å²) in [6.45, 7) is 0.441. The zero-order chi connectivity index (χ0) is 14.6. The van der Waals surface area contributed by atoms with Crippen LogP contribution in [0.25, 0.3) is 0 Å². The van der Waals surface area contributed by atoms with Gasteiger partial charge in [-0.1, -0.05) is 6.07 Å². The van der Waals surface area contributed by atoms with Crippen LogP contribution in [0.5, 0.6) is 0 Å². The lowest BCUT2D eigenvalue weighted by atomic mass is 10.2. The molecule has 1 heterocycles. The van der Waals surface area contributed by atoms with E-state index in [2.05, 4.69) is 25.2 Å². The Hall–Kier alpha value is -2.13. The van der Waals surface area contributed by atoms with Crippen LogP contribution in [0.15, 0.2) is 35.5 Å². The summed E-state index contributed by atoms with van der Waals surface area (Å²) >= 11 is 0. The highest BCUT2D eigenvalue weighted by Gasteiger charge is 2.20. The molecule has 2 aromatic rings. The fraction of sp³-hybridized carbons (Fsp3) is 0.182. The SMILES string of the molecule is CNCc1ccc(S(=O)(=O)Nc2nccnn2)c(F)c1. The predicted molar refractivity (Wildman–Crippen MR) is 69.8 cm³/mol. The lowest BCUT2D eigenvalue weighted by Crippen LogP contribution is -2.17. The molecule has 0 spiro atoms. The van der Waals surface area contributed by atoms with Crippen LogP contribution >= 0.6 is 0 Å². The van der Waals surface area contributed by atoms with Crippen molar-refractivity contribution in [1.29, 1.82) is 0 Å². The standard InChI is InChI=1S/C11H12FN5O2S/c1-13-7-8-2-3-10(9(12)6-8)20(18,19)17-11-14-4-5-15-16-11/h2-6,13H,7H2,1H3,(H,14,16,17). The number of halogens is 1. The van der Waals surface area contributed by atoms with E-state index in [-0.39, 0.29) is 5.95 Å². The van der Waals surface area contributed by atoms with E-state index in [0.29, 0.717) is 12.1 Å². The third-order valence-corrected chi connectivity index (χ3v) is 3.74. The van der Waals surface area contributed by atoms with Crippen LogP contribution in [0.2, 0.25) is 0 Å². The fourth-order valence-corrected chi connectivity index (χ4v) is 2.55. The quantitative estimate of drug-likeness (QED) is 0.835. The van der Waals surface area contributed by atoms with Gasteiger partial charge in [-0.25, -0.2) is 22.5 Å². The van der Waals surface area contributed by atoms with Crippen molar-refractivity contribution in [1.82, 2.24) is 20.5 Å². The molecule has 0 saturated heterocycles. The lowest BCUT2D eigenvalue weighted by molar-refractivity contribution is 0.568. The summed E-state index contributed by atoms with van der Waals surface area (Å²) in [6.07, 6.45) is 2.57. The van der Waals surface area contributed by atoms with E-state index in [1.807, 2.05) is 0 Å². The van der Waals surface area contributed by atoms with Crippen LogP contribution in [0.3, 0.4) is 0 Å². The highest BCUT2D eigenvalue weighted by atomic mass is 32.2. The third kappa shape index (κ3) is 3.25. The molecule has 9 heteroatoms. The second-order valence-electron chi connectivity index (χ2n) is 3.87. The monoisotopic (exact) mass is 297 g/mol. The van der Waals surface area contributed by atoms with E-state index >= 15 is 0 Å². The van der Waals surface area contributed by atoms with Gasteiger partial charge < -0.3 is 5.32 Å². The normalized spacial score (nSPS) is 11.3. The fourth-order valence-electron chi connectivity index (χ4n) is 1.55. The van der Waals surface area contributed by atoms with Crippen molar-refractivity contribution >= 4 is 16.0 Å². The molecular formula is C11H12FN5O2S. The van der Waals surface area contributed by atoms with Gasteiger partial charge in [0, 0.05) is 6.54 Å². The molecule has 0 bridgehead atoms. The van der Waals surface area contributed by atoms with Crippen LogP contribution in [0, 0.1) is 5.82 Å². The molecule has 0 saturated carbocycles. The number of hydrogen-bond acceptors (Lipinski definition) is 6. The maximum Gasteiger partial charge on any atom is 0.267 e. The number of anilines is 1. The Kier molecular flexibility index (Phi) is 4.20. The van der Waals surface area contributed by atoms with Gasteiger partial charge in [-0.2, -0.15) is 5.10 Å². The molecule has 7 nitrogen and oxygen atoms in total. The van der Waals surface area contributed by atoms with Crippen LogP contribution in [0.4, 0.5) is 10.3 Å². The van der Waals surface area contributed by atoms with E-state index in [0.717, 1.165) is 6.07 Å². The molecule has 1 aromatic heterocycles. The molecule has 0 amide bonds. The Morgan fingerprint density at radius 2 is 2.10 bits per heavy atom. The molecule has 0 fully saturated rings. The van der Waals surface area contributed by atoms with Crippen molar-refractivity contribution < 1.29 is 12.8 Å². The van der Waals surface area contributed by atoms with Crippen LogP contribution in [0.1, 0.15) is 5.56 Å². The first-order chi connectivity index (χ1) is 9.53. The summed E-state index contributed by atoms with van der Waals surface area (Å²) in [5, 5.41) is 9.81. The number of nitrogens with zero attached hydrogens (tertiary/aromatic N) is 3. The Bertz CT molecular complexity index is 693. The van der Waals surface area contributed by atoms with Crippen LogP contribution in [-0.4, -0.2) is 30.6 Å². The number of nitrogens with one attached hydrogen (secondary N) is 2. The number of sulfonamides is 1. The van der Waals surface area contributed by atoms with Gasteiger partial charge in [0.15, 0.2) is 0 Å². The first-order valence-electron chi connectivity index (χ1n) is 5.62. The first-order valence-corrected chi connectivity index (χ1v) is 7.11. The van der Waals surface area contributed by atoms with Gasteiger partial charge in [0.2, 0.25) is 0 Å². The molecule has 0 radical (unpaired) electrons. The third-order valence-electron chi connectivity index (χ3n) is 2.37. The average molecular weight is 297 g/mol. The van der Waals surface area contributed by atoms with Crippen molar-refractivity contribution in [2.75, 3.05) is 11.8 Å². The highest BCUT2D eigenvalue weighted by Crippen LogP contribution is 2.18. The minimum absolute atomic E-state index is 0.216. The topological polar surface area (TPSA) is 96.9 Å². The second-order valence-corrected chi connectivity index (χ2v) is 5.52. The number of aromatic nitrogens is 3. The molecule has 1 aromatic carbocycles. The van der Waals surface area contributed by atoms with Crippen LogP contribution in [-0.2, 0) is 16.6 Å². The molecule has 0 unspecified atom stereocenters. The van der Waals surface area contributed by atoms with E-state index in [4.69, 9.17) is 0 Å². The van der Waals surface area contributed by atoms with Gasteiger partial charge in [-0.05, 0) is 24.7 Å². The highest BCUT2D eigenvalue weighted by molar-refractivity contribution is 7.92. The maximum absolute atomic E-state index is 13.9. The Morgan fingerprint density at radius 3 is 2.70 bits per heavy atom. The summed E-state index contributed by atoms with van der Waals surface area (Å²) in [4.78, 5) is 3.20. The molecule has 0 aliphatic rings. The minimum atomic E-state index is -4.09. The smallest absolute Gasteiger partial charge is 0.267 e. The summed E-state index contributed by atoms with van der Waals surface area (Å²) in [5.41, 5.74) is 0.640. The molecule has 2 N–H and O–H groups in total. The van der Waals surface area contributed by atoms with E-state index in [1.165, 1.54) is 24.5 Å². The molecule has 20 heavy (non-hydrogen) atoms. The van der Waals surface area contributed by atoms with E-state index in [9.17, 15) is 12.8 Å². The molecular weight excluding hydrogens is 285 g/mol. The molecule has 0 atom stereocenters. The largest absolute Gasteiger partial charge is 0.316 e. The lowest BCUT2D eigenvalue weighted by Gasteiger charge is -2.08. The zero-order valence-corrected chi connectivity index (χ0v) is 11.4. The molecule has 0 aliphatic heterocycles. The number of rotatable bonds is 5. The van der Waals surface area contributed by atoms with E-state index in [1.54, 1.807) is 7.05 Å². The summed E-state index contributed by atoms with van der Waals surface area (Å²) < 4.78 is 40.0. The zero-order valence-electron chi connectivity index (χ0n) is 10.5. The van der Waals surface area contributed by atoms with E-state index < -0.39 is 20.7 Å². The predicted octanol–water partition coefficient (Wildman–Crippen LogP) is 0.531. The molecule has 2 rings (SSSR count). The molecule has 106 valence electrons. The Balaban J connectivity index is 2.30. The Morgan fingerprint density at radius 1 is 1.30 bits per heavy atom.